The summed E-state index contributed by atoms with van der Waals surface area (Å²) in [6, 6.07) is 2.94. The molecule has 1 aliphatic heterocycles. The number of carbonyl (C=O) groups is 2. The van der Waals surface area contributed by atoms with E-state index in [0.29, 0.717) is 31.0 Å². The van der Waals surface area contributed by atoms with Crippen LogP contribution < -0.4 is 10.6 Å². The Kier molecular flexibility index (Phi) is 6.13. The van der Waals surface area contributed by atoms with Gasteiger partial charge in [-0.05, 0) is 25.5 Å². The molecule has 0 aromatic carbocycles. The largest absolute Gasteiger partial charge is 0.462 e. The van der Waals surface area contributed by atoms with Crippen LogP contribution >= 0.6 is 0 Å². The third-order valence-electron chi connectivity index (χ3n) is 3.53. The zero-order chi connectivity index (χ0) is 17.6. The van der Waals surface area contributed by atoms with Crippen LogP contribution in [-0.2, 0) is 19.4 Å². The van der Waals surface area contributed by atoms with E-state index in [1.165, 1.54) is 6.20 Å². The Balaban J connectivity index is 1.72. The summed E-state index contributed by atoms with van der Waals surface area (Å²) >= 11 is 0. The molecule has 1 atom stereocenters. The van der Waals surface area contributed by atoms with Crippen LogP contribution in [0.2, 0.25) is 0 Å². The van der Waals surface area contributed by atoms with E-state index in [4.69, 9.17) is 4.74 Å². The van der Waals surface area contributed by atoms with Gasteiger partial charge in [-0.1, -0.05) is 0 Å². The molecule has 1 saturated heterocycles. The summed E-state index contributed by atoms with van der Waals surface area (Å²) in [7, 11) is -3.00. The molecular weight excluding hydrogens is 334 g/mol. The van der Waals surface area contributed by atoms with E-state index in [0.717, 1.165) is 0 Å². The molecule has 1 aromatic heterocycles. The van der Waals surface area contributed by atoms with Gasteiger partial charge < -0.3 is 15.4 Å². The predicted molar refractivity (Wildman–Crippen MR) is 88.5 cm³/mol. The second-order valence-electron chi connectivity index (χ2n) is 5.50. The highest BCUT2D eigenvalue weighted by Gasteiger charge is 2.28. The molecule has 0 radical (unpaired) electrons. The summed E-state index contributed by atoms with van der Waals surface area (Å²) in [5, 5.41) is 5.69. The molecule has 24 heavy (non-hydrogen) atoms. The Hall–Kier alpha value is -2.16. The van der Waals surface area contributed by atoms with Gasteiger partial charge in [0, 0.05) is 25.2 Å². The monoisotopic (exact) mass is 355 g/mol. The first-order chi connectivity index (χ1) is 11.4. The van der Waals surface area contributed by atoms with Crippen molar-refractivity contribution in [2.75, 3.05) is 30.0 Å². The highest BCUT2D eigenvalue weighted by Crippen LogP contribution is 2.11. The molecule has 2 N–H and O–H groups in total. The van der Waals surface area contributed by atoms with Crippen molar-refractivity contribution in [1.29, 1.82) is 0 Å². The van der Waals surface area contributed by atoms with E-state index in [9.17, 15) is 18.0 Å². The van der Waals surface area contributed by atoms with E-state index in [-0.39, 0.29) is 29.9 Å². The number of nitrogens with zero attached hydrogens (tertiary/aromatic N) is 1. The van der Waals surface area contributed by atoms with E-state index in [1.54, 1.807) is 19.1 Å². The van der Waals surface area contributed by atoms with E-state index < -0.39 is 15.8 Å². The second-order valence-corrected chi connectivity index (χ2v) is 7.73. The van der Waals surface area contributed by atoms with Crippen molar-refractivity contribution < 1.29 is 22.7 Å². The summed E-state index contributed by atoms with van der Waals surface area (Å²) < 4.78 is 27.5. The Bertz CT molecular complexity index is 688. The molecule has 1 fully saturated rings. The van der Waals surface area contributed by atoms with Crippen LogP contribution in [0.1, 0.15) is 30.1 Å². The van der Waals surface area contributed by atoms with Crippen molar-refractivity contribution in [3.8, 4) is 0 Å². The van der Waals surface area contributed by atoms with Gasteiger partial charge >= 0.3 is 5.97 Å². The maximum atomic E-state index is 11.8. The van der Waals surface area contributed by atoms with Gasteiger partial charge in [-0.2, -0.15) is 0 Å². The van der Waals surface area contributed by atoms with Crippen molar-refractivity contribution in [2.24, 2.45) is 0 Å². The fourth-order valence-electron chi connectivity index (χ4n) is 2.35. The number of anilines is 1. The number of sulfone groups is 1. The summed E-state index contributed by atoms with van der Waals surface area (Å²) in [5.41, 5.74) is 0.364. The van der Waals surface area contributed by atoms with Gasteiger partial charge in [-0.25, -0.2) is 18.2 Å². The van der Waals surface area contributed by atoms with Crippen molar-refractivity contribution in [3.63, 3.8) is 0 Å². The molecule has 0 spiro atoms. The fourth-order valence-corrected chi connectivity index (χ4v) is 4.02. The number of aromatic nitrogens is 1. The molecule has 0 aliphatic carbocycles. The smallest absolute Gasteiger partial charge is 0.339 e. The highest BCUT2D eigenvalue weighted by molar-refractivity contribution is 7.91. The average Bonchev–Trinajstić information content (AvgIpc) is 2.87. The lowest BCUT2D eigenvalue weighted by atomic mass is 10.2. The fraction of sp³-hybridized carbons (Fsp3) is 0.533. The van der Waals surface area contributed by atoms with E-state index >= 15 is 0 Å². The van der Waals surface area contributed by atoms with Crippen molar-refractivity contribution in [2.45, 2.75) is 25.8 Å². The van der Waals surface area contributed by atoms with Gasteiger partial charge in [0.2, 0.25) is 5.91 Å². The number of hydrogen-bond donors (Lipinski definition) is 2. The van der Waals surface area contributed by atoms with Crippen LogP contribution in [0.15, 0.2) is 18.3 Å². The number of nitrogens with one attached hydrogen (secondary N) is 2. The standard InChI is InChI=1S/C15H21N3O5S/c1-2-23-15(20)11-3-4-13(17-9-11)16-7-5-14(19)18-12-6-8-24(21,22)10-12/h3-4,9,12H,2,5-8,10H2,1H3,(H,16,17)(H,18,19). The Morgan fingerprint density at radius 1 is 1.38 bits per heavy atom. The molecular formula is C15H21N3O5S. The average molecular weight is 355 g/mol. The third-order valence-corrected chi connectivity index (χ3v) is 5.30. The minimum Gasteiger partial charge on any atom is -0.462 e. The molecule has 9 heteroatoms. The lowest BCUT2D eigenvalue weighted by Gasteiger charge is -2.11. The third kappa shape index (κ3) is 5.48. The van der Waals surface area contributed by atoms with Crippen LogP contribution in [0.5, 0.6) is 0 Å². The molecule has 1 aliphatic rings. The van der Waals surface area contributed by atoms with Crippen LogP contribution in [0.4, 0.5) is 5.82 Å². The first kappa shape index (κ1) is 18.2. The minimum atomic E-state index is -3.00. The summed E-state index contributed by atoms with van der Waals surface area (Å²) in [4.78, 5) is 27.4. The molecule has 132 valence electrons. The molecule has 1 unspecified atom stereocenters. The molecule has 2 heterocycles. The second kappa shape index (κ2) is 8.09. The predicted octanol–water partition coefficient (Wildman–Crippen LogP) is 0.364. The summed E-state index contributed by atoms with van der Waals surface area (Å²) in [6.45, 7) is 2.39. The Labute approximate surface area is 140 Å². The number of rotatable bonds is 7. The lowest BCUT2D eigenvalue weighted by molar-refractivity contribution is -0.121. The zero-order valence-corrected chi connectivity index (χ0v) is 14.3. The molecule has 0 bridgehead atoms. The maximum Gasteiger partial charge on any atom is 0.339 e. The number of carbonyl (C=O) groups excluding carboxylic acids is 2. The molecule has 2 rings (SSSR count). The van der Waals surface area contributed by atoms with Crippen molar-refractivity contribution in [1.82, 2.24) is 10.3 Å². The molecule has 1 amide bonds. The molecule has 1 aromatic rings. The lowest BCUT2D eigenvalue weighted by Crippen LogP contribution is -2.36. The normalized spacial score (nSPS) is 18.8. The molecule has 8 nitrogen and oxygen atoms in total. The van der Waals surface area contributed by atoms with Gasteiger partial charge in [0.05, 0.1) is 23.7 Å². The highest BCUT2D eigenvalue weighted by atomic mass is 32.2. The summed E-state index contributed by atoms with van der Waals surface area (Å²) in [5.74, 6) is 0.0603. The first-order valence-corrected chi connectivity index (χ1v) is 9.58. The SMILES string of the molecule is CCOC(=O)c1ccc(NCCC(=O)NC2CCS(=O)(=O)C2)nc1. The topological polar surface area (TPSA) is 114 Å². The van der Waals surface area contributed by atoms with Gasteiger partial charge in [-0.3, -0.25) is 4.79 Å². The van der Waals surface area contributed by atoms with E-state index in [1.807, 2.05) is 0 Å². The van der Waals surface area contributed by atoms with Gasteiger partial charge in [0.1, 0.15) is 5.82 Å². The van der Waals surface area contributed by atoms with Gasteiger partial charge in [0.15, 0.2) is 9.84 Å². The minimum absolute atomic E-state index is 0.0169. The van der Waals surface area contributed by atoms with Crippen LogP contribution in [0, 0.1) is 0 Å². The number of ether oxygens (including phenoxy) is 1. The number of esters is 1. The number of amides is 1. The number of hydrogen-bond acceptors (Lipinski definition) is 7. The number of pyridine rings is 1. The Morgan fingerprint density at radius 2 is 2.17 bits per heavy atom. The van der Waals surface area contributed by atoms with Crippen LogP contribution in [-0.4, -0.2) is 56.0 Å². The molecule has 0 saturated carbocycles. The van der Waals surface area contributed by atoms with Gasteiger partial charge in [0.25, 0.3) is 0 Å². The quantitative estimate of drug-likeness (QED) is 0.679. The van der Waals surface area contributed by atoms with Crippen molar-refractivity contribution in [3.05, 3.63) is 23.9 Å². The Morgan fingerprint density at radius 3 is 2.75 bits per heavy atom. The first-order valence-electron chi connectivity index (χ1n) is 7.76. The van der Waals surface area contributed by atoms with E-state index in [2.05, 4.69) is 15.6 Å². The van der Waals surface area contributed by atoms with Crippen LogP contribution in [0.3, 0.4) is 0 Å². The summed E-state index contributed by atoms with van der Waals surface area (Å²) in [6.07, 6.45) is 2.08. The van der Waals surface area contributed by atoms with Gasteiger partial charge in [-0.15, -0.1) is 0 Å². The van der Waals surface area contributed by atoms with Crippen LogP contribution in [0.25, 0.3) is 0 Å². The maximum absolute atomic E-state index is 11.8. The van der Waals surface area contributed by atoms with Crippen molar-refractivity contribution >= 4 is 27.5 Å². The zero-order valence-electron chi connectivity index (χ0n) is 13.4.